The van der Waals surface area contributed by atoms with Crippen molar-refractivity contribution in [3.63, 3.8) is 0 Å². The maximum Gasteiger partial charge on any atom is 0.113 e. The van der Waals surface area contributed by atoms with Crippen LogP contribution in [-0.2, 0) is 23.1 Å². The molecule has 0 bridgehead atoms. The van der Waals surface area contributed by atoms with Crippen molar-refractivity contribution in [2.45, 2.75) is 77.0 Å². The smallest absolute Gasteiger partial charge is 0.113 e. The van der Waals surface area contributed by atoms with Crippen LogP contribution in [0.2, 0.25) is 0 Å². The van der Waals surface area contributed by atoms with Crippen LogP contribution in [0, 0.1) is 0 Å². The molecule has 1 N–H and O–H groups in total. The van der Waals surface area contributed by atoms with E-state index in [4.69, 9.17) is 9.72 Å². The summed E-state index contributed by atoms with van der Waals surface area (Å²) < 4.78 is 5.78. The molecule has 3 nitrogen and oxygen atoms in total. The Balaban J connectivity index is 1.81. The summed E-state index contributed by atoms with van der Waals surface area (Å²) in [5.74, 6) is 0. The second kappa shape index (κ2) is 5.74. The van der Waals surface area contributed by atoms with Gasteiger partial charge in [-0.3, -0.25) is 0 Å². The van der Waals surface area contributed by atoms with Crippen LogP contribution in [0.15, 0.2) is 0 Å². The molecule has 1 fully saturated rings. The average molecular weight is 294 g/mol. The third-order valence-corrected chi connectivity index (χ3v) is 5.74. The topological polar surface area (TPSA) is 34.1 Å². The summed E-state index contributed by atoms with van der Waals surface area (Å²) in [5.41, 5.74) is 1.46. The van der Waals surface area contributed by atoms with Gasteiger partial charge < -0.3 is 10.1 Å². The lowest BCUT2D eigenvalue weighted by atomic mass is 9.74. The fourth-order valence-corrected chi connectivity index (χ4v) is 4.86. The van der Waals surface area contributed by atoms with Gasteiger partial charge in [0, 0.05) is 17.5 Å². The van der Waals surface area contributed by atoms with Gasteiger partial charge in [-0.05, 0) is 59.3 Å². The maximum atomic E-state index is 5.78. The Hall–Kier alpha value is -0.450. The fourth-order valence-electron chi connectivity index (χ4n) is 3.53. The van der Waals surface area contributed by atoms with Gasteiger partial charge in [-0.25, -0.2) is 4.98 Å². The van der Waals surface area contributed by atoms with Crippen molar-refractivity contribution in [2.24, 2.45) is 0 Å². The molecule has 0 saturated heterocycles. The van der Waals surface area contributed by atoms with Crippen molar-refractivity contribution in [1.82, 2.24) is 10.3 Å². The molecule has 112 valence electrons. The van der Waals surface area contributed by atoms with Crippen LogP contribution in [-0.4, -0.2) is 23.7 Å². The summed E-state index contributed by atoms with van der Waals surface area (Å²) in [4.78, 5) is 6.53. The molecular formula is C16H26N2OS. The highest BCUT2D eigenvalue weighted by Gasteiger charge is 2.48. The van der Waals surface area contributed by atoms with Gasteiger partial charge in [0.05, 0.1) is 17.3 Å². The molecule has 0 aromatic carbocycles. The number of nitrogens with zero attached hydrogens (tertiary/aromatic N) is 1. The zero-order valence-corrected chi connectivity index (χ0v) is 13.7. The second-order valence-electron chi connectivity index (χ2n) is 6.46. The summed E-state index contributed by atoms with van der Waals surface area (Å²) in [6.45, 7) is 7.35. The lowest BCUT2D eigenvalue weighted by molar-refractivity contribution is -0.0564. The minimum absolute atomic E-state index is 0.0794. The molecular weight excluding hydrogens is 268 g/mol. The Labute approximate surface area is 126 Å². The molecule has 2 aliphatic rings. The van der Waals surface area contributed by atoms with E-state index in [0.29, 0.717) is 12.1 Å². The van der Waals surface area contributed by atoms with E-state index in [0.717, 1.165) is 19.4 Å². The third-order valence-electron chi connectivity index (χ3n) is 4.37. The number of rotatable bonds is 5. The molecule has 1 saturated carbocycles. The summed E-state index contributed by atoms with van der Waals surface area (Å²) >= 11 is 1.95. The number of hydrogen-bond donors (Lipinski definition) is 1. The van der Waals surface area contributed by atoms with Gasteiger partial charge in [-0.2, -0.15) is 0 Å². The average Bonchev–Trinajstić information content (AvgIpc) is 2.79. The number of thiazole rings is 1. The van der Waals surface area contributed by atoms with Crippen molar-refractivity contribution in [1.29, 1.82) is 0 Å². The minimum atomic E-state index is 0.0794. The van der Waals surface area contributed by atoms with E-state index in [9.17, 15) is 0 Å². The third kappa shape index (κ3) is 2.66. The summed E-state index contributed by atoms with van der Waals surface area (Å²) in [6, 6.07) is 0.485. The molecule has 20 heavy (non-hydrogen) atoms. The summed E-state index contributed by atoms with van der Waals surface area (Å²) in [6.07, 6.45) is 7.62. The second-order valence-corrected chi connectivity index (χ2v) is 7.55. The van der Waals surface area contributed by atoms with Gasteiger partial charge >= 0.3 is 0 Å². The number of nitrogens with one attached hydrogen (secondary N) is 1. The van der Waals surface area contributed by atoms with Crippen LogP contribution in [0.25, 0.3) is 0 Å². The van der Waals surface area contributed by atoms with E-state index in [1.807, 2.05) is 11.3 Å². The van der Waals surface area contributed by atoms with Gasteiger partial charge in [-0.1, -0.05) is 0 Å². The normalized spacial score (nSPS) is 29.3. The Bertz CT molecular complexity index is 440. The number of aryl methyl sites for hydroxylation is 2. The van der Waals surface area contributed by atoms with Crippen LogP contribution in [0.5, 0.6) is 0 Å². The molecule has 0 spiro atoms. The first-order valence-electron chi connectivity index (χ1n) is 8.01. The highest BCUT2D eigenvalue weighted by molar-refractivity contribution is 7.11. The predicted molar refractivity (Wildman–Crippen MR) is 83.4 cm³/mol. The molecule has 1 aromatic heterocycles. The lowest BCUT2D eigenvalue weighted by Gasteiger charge is -2.47. The van der Waals surface area contributed by atoms with Crippen LogP contribution in [0.1, 0.15) is 62.0 Å². The molecule has 0 atom stereocenters. The first kappa shape index (κ1) is 14.5. The Morgan fingerprint density at radius 2 is 2.10 bits per heavy atom. The monoisotopic (exact) mass is 294 g/mol. The standard InChI is InChI=1S/C16H26N2OS/c1-4-19-12-9-16(10-12,18-11(2)3)15-17-13-7-5-6-8-14(13)20-15/h11-12,18H,4-10H2,1-3H3. The van der Waals surface area contributed by atoms with Crippen LogP contribution in [0.4, 0.5) is 0 Å². The fraction of sp³-hybridized carbons (Fsp3) is 0.812. The largest absolute Gasteiger partial charge is 0.378 e. The number of hydrogen-bond acceptors (Lipinski definition) is 4. The molecule has 2 aliphatic carbocycles. The van der Waals surface area contributed by atoms with E-state index < -0.39 is 0 Å². The molecule has 0 aliphatic heterocycles. The van der Waals surface area contributed by atoms with Crippen LogP contribution >= 0.6 is 11.3 Å². The van der Waals surface area contributed by atoms with Crippen molar-refractivity contribution >= 4 is 11.3 Å². The van der Waals surface area contributed by atoms with Crippen molar-refractivity contribution in [3.05, 3.63) is 15.6 Å². The van der Waals surface area contributed by atoms with Crippen molar-refractivity contribution in [2.75, 3.05) is 6.61 Å². The zero-order valence-electron chi connectivity index (χ0n) is 12.9. The first-order chi connectivity index (χ1) is 9.63. The van der Waals surface area contributed by atoms with Crippen LogP contribution in [0.3, 0.4) is 0 Å². The van der Waals surface area contributed by atoms with E-state index in [-0.39, 0.29) is 5.54 Å². The van der Waals surface area contributed by atoms with Gasteiger partial charge in [0.15, 0.2) is 0 Å². The molecule has 0 radical (unpaired) electrons. The predicted octanol–water partition coefficient (Wildman–Crippen LogP) is 3.41. The Morgan fingerprint density at radius 1 is 1.35 bits per heavy atom. The van der Waals surface area contributed by atoms with E-state index >= 15 is 0 Å². The van der Waals surface area contributed by atoms with Crippen molar-refractivity contribution < 1.29 is 4.74 Å². The number of aromatic nitrogens is 1. The highest BCUT2D eigenvalue weighted by atomic mass is 32.1. The SMILES string of the molecule is CCOC1CC(NC(C)C)(c2nc3c(s2)CCCC3)C1. The van der Waals surface area contributed by atoms with E-state index in [1.54, 1.807) is 0 Å². The molecule has 4 heteroatoms. The highest BCUT2D eigenvalue weighted by Crippen LogP contribution is 2.46. The summed E-state index contributed by atoms with van der Waals surface area (Å²) in [7, 11) is 0. The molecule has 0 amide bonds. The van der Waals surface area contributed by atoms with E-state index in [1.165, 1.54) is 41.3 Å². The van der Waals surface area contributed by atoms with Crippen LogP contribution < -0.4 is 5.32 Å². The molecule has 0 unspecified atom stereocenters. The first-order valence-corrected chi connectivity index (χ1v) is 8.83. The van der Waals surface area contributed by atoms with E-state index in [2.05, 4.69) is 26.1 Å². The number of fused-ring (bicyclic) bond motifs is 1. The minimum Gasteiger partial charge on any atom is -0.378 e. The maximum absolute atomic E-state index is 5.78. The molecule has 1 heterocycles. The Kier molecular flexibility index (Phi) is 4.16. The molecule has 1 aromatic rings. The summed E-state index contributed by atoms with van der Waals surface area (Å²) in [5, 5.41) is 5.09. The number of ether oxygens (including phenoxy) is 1. The quantitative estimate of drug-likeness (QED) is 0.903. The van der Waals surface area contributed by atoms with Gasteiger partial charge in [0.1, 0.15) is 5.01 Å². The van der Waals surface area contributed by atoms with Gasteiger partial charge in [0.2, 0.25) is 0 Å². The lowest BCUT2D eigenvalue weighted by Crippen LogP contribution is -2.57. The van der Waals surface area contributed by atoms with Crippen molar-refractivity contribution in [3.8, 4) is 0 Å². The Morgan fingerprint density at radius 3 is 2.75 bits per heavy atom. The van der Waals surface area contributed by atoms with Gasteiger partial charge in [-0.15, -0.1) is 11.3 Å². The molecule has 3 rings (SSSR count). The zero-order chi connectivity index (χ0) is 14.2. The van der Waals surface area contributed by atoms with Gasteiger partial charge in [0.25, 0.3) is 0 Å².